The third kappa shape index (κ3) is 8.72. The molecule has 3 unspecified atom stereocenters. The average Bonchev–Trinajstić information content (AvgIpc) is 2.77. The highest BCUT2D eigenvalue weighted by molar-refractivity contribution is 5.79. The number of carbonyl (C=O) groups is 2. The first-order chi connectivity index (χ1) is 15.7. The molecule has 4 heteroatoms. The summed E-state index contributed by atoms with van der Waals surface area (Å²) in [4.78, 5) is 25.1. The molecule has 2 aliphatic rings. The second-order valence-corrected chi connectivity index (χ2v) is 13.3. The Morgan fingerprint density at radius 2 is 1.56 bits per heavy atom. The van der Waals surface area contributed by atoms with Gasteiger partial charge >= 0.3 is 11.9 Å². The summed E-state index contributed by atoms with van der Waals surface area (Å²) in [5, 5.41) is 0. The molecule has 196 valence electrons. The van der Waals surface area contributed by atoms with Crippen molar-refractivity contribution in [2.24, 2.45) is 34.5 Å². The van der Waals surface area contributed by atoms with E-state index >= 15 is 0 Å². The van der Waals surface area contributed by atoms with E-state index in [4.69, 9.17) is 9.47 Å². The largest absolute Gasteiger partial charge is 0.457 e. The highest BCUT2D eigenvalue weighted by atomic mass is 16.6. The lowest BCUT2D eigenvalue weighted by atomic mass is 9.66. The van der Waals surface area contributed by atoms with Gasteiger partial charge in [0.25, 0.3) is 0 Å². The molecule has 0 amide bonds. The summed E-state index contributed by atoms with van der Waals surface area (Å²) in [6, 6.07) is 0. The van der Waals surface area contributed by atoms with E-state index in [1.165, 1.54) is 38.5 Å². The first-order valence-corrected chi connectivity index (χ1v) is 13.8. The van der Waals surface area contributed by atoms with Gasteiger partial charge in [0.1, 0.15) is 5.60 Å². The Kier molecular flexibility index (Phi) is 10.3. The van der Waals surface area contributed by atoms with Crippen molar-refractivity contribution in [2.75, 3.05) is 6.61 Å². The summed E-state index contributed by atoms with van der Waals surface area (Å²) in [6.45, 7) is 17.7. The van der Waals surface area contributed by atoms with Gasteiger partial charge in [-0.1, -0.05) is 79.4 Å². The topological polar surface area (TPSA) is 52.6 Å². The number of ether oxygens (including phenoxy) is 2. The predicted octanol–water partition coefficient (Wildman–Crippen LogP) is 7.89. The Balaban J connectivity index is 1.86. The van der Waals surface area contributed by atoms with Crippen molar-refractivity contribution in [1.29, 1.82) is 0 Å². The molecule has 0 bridgehead atoms. The highest BCUT2D eigenvalue weighted by Crippen LogP contribution is 2.43. The molecule has 34 heavy (non-hydrogen) atoms. The van der Waals surface area contributed by atoms with E-state index in [0.29, 0.717) is 23.2 Å². The Morgan fingerprint density at radius 3 is 2.09 bits per heavy atom. The molecule has 0 aliphatic heterocycles. The minimum Gasteiger partial charge on any atom is -0.457 e. The van der Waals surface area contributed by atoms with Crippen LogP contribution in [0.15, 0.2) is 12.2 Å². The van der Waals surface area contributed by atoms with E-state index < -0.39 is 11.6 Å². The van der Waals surface area contributed by atoms with E-state index in [-0.39, 0.29) is 23.9 Å². The number of rotatable bonds is 10. The molecule has 0 heterocycles. The van der Waals surface area contributed by atoms with Crippen molar-refractivity contribution in [2.45, 2.75) is 125 Å². The number of esters is 2. The Morgan fingerprint density at radius 1 is 0.912 bits per heavy atom. The molecule has 4 nitrogen and oxygen atoms in total. The van der Waals surface area contributed by atoms with Crippen LogP contribution in [0.1, 0.15) is 120 Å². The molecule has 0 aromatic carbocycles. The summed E-state index contributed by atoms with van der Waals surface area (Å²) in [7, 11) is 0. The van der Waals surface area contributed by atoms with Crippen molar-refractivity contribution < 1.29 is 19.1 Å². The van der Waals surface area contributed by atoms with E-state index in [1.54, 1.807) is 0 Å². The van der Waals surface area contributed by atoms with Crippen molar-refractivity contribution in [1.82, 2.24) is 0 Å². The quantitative estimate of drug-likeness (QED) is 0.237. The summed E-state index contributed by atoms with van der Waals surface area (Å²) < 4.78 is 11.1. The maximum Gasteiger partial charge on any atom is 0.344 e. The number of hydrogen-bond acceptors (Lipinski definition) is 4. The molecule has 0 radical (unpaired) electrons. The van der Waals surface area contributed by atoms with Crippen LogP contribution in [0.2, 0.25) is 0 Å². The van der Waals surface area contributed by atoms with Crippen LogP contribution in [0.5, 0.6) is 0 Å². The second kappa shape index (κ2) is 12.1. The van der Waals surface area contributed by atoms with E-state index in [0.717, 1.165) is 25.7 Å². The molecule has 2 aliphatic carbocycles. The Bertz CT molecular complexity index is 691. The van der Waals surface area contributed by atoms with Gasteiger partial charge in [0.2, 0.25) is 0 Å². The van der Waals surface area contributed by atoms with Crippen LogP contribution in [-0.2, 0) is 19.1 Å². The maximum atomic E-state index is 12.7. The first kappa shape index (κ1) is 28.9. The molecular formula is C30H52O4. The second-order valence-electron chi connectivity index (χ2n) is 13.3. The summed E-state index contributed by atoms with van der Waals surface area (Å²) in [5.41, 5.74) is 0.0889. The van der Waals surface area contributed by atoms with Gasteiger partial charge in [0.05, 0.1) is 5.92 Å². The van der Waals surface area contributed by atoms with Crippen LogP contribution < -0.4 is 0 Å². The van der Waals surface area contributed by atoms with E-state index in [9.17, 15) is 9.59 Å². The lowest BCUT2D eigenvalue weighted by Crippen LogP contribution is -2.39. The van der Waals surface area contributed by atoms with Crippen molar-refractivity contribution >= 4 is 11.9 Å². The lowest BCUT2D eigenvalue weighted by molar-refractivity contribution is -0.173. The summed E-state index contributed by atoms with van der Waals surface area (Å²) in [5.74, 6) is 0.455. The van der Waals surface area contributed by atoms with Gasteiger partial charge in [0.15, 0.2) is 6.61 Å². The maximum absolute atomic E-state index is 12.7. The highest BCUT2D eigenvalue weighted by Gasteiger charge is 2.36. The van der Waals surface area contributed by atoms with Gasteiger partial charge in [-0.25, -0.2) is 4.79 Å². The molecule has 0 spiro atoms. The fourth-order valence-corrected chi connectivity index (χ4v) is 5.83. The molecule has 2 rings (SSSR count). The van der Waals surface area contributed by atoms with Crippen molar-refractivity contribution in [3.63, 3.8) is 0 Å². The molecule has 1 fully saturated rings. The molecule has 0 N–H and O–H groups in total. The minimum absolute atomic E-state index is 0.223. The molecule has 0 aromatic rings. The first-order valence-electron chi connectivity index (χ1n) is 13.8. The van der Waals surface area contributed by atoms with Crippen molar-refractivity contribution in [3.05, 3.63) is 12.2 Å². The molecule has 0 saturated heterocycles. The standard InChI is InChI=1S/C30H52O4/c1-9-29(5,6)20-19-25(28(2,3)4)22-15-17-23(18-16-22)27(32)33-21-26(31)34-30(7,8)24-13-11-10-12-14-24/h15,17,22-25H,9-14,16,18-21H2,1-8H3. The van der Waals surface area contributed by atoms with Crippen LogP contribution >= 0.6 is 0 Å². The predicted molar refractivity (Wildman–Crippen MR) is 139 cm³/mol. The molecule has 0 aromatic heterocycles. The van der Waals surface area contributed by atoms with Crippen LogP contribution in [0.3, 0.4) is 0 Å². The van der Waals surface area contributed by atoms with Crippen LogP contribution in [0, 0.1) is 34.5 Å². The smallest absolute Gasteiger partial charge is 0.344 e. The van der Waals surface area contributed by atoms with Gasteiger partial charge in [-0.05, 0) is 81.0 Å². The zero-order valence-corrected chi connectivity index (χ0v) is 23.4. The van der Waals surface area contributed by atoms with Gasteiger partial charge in [-0.15, -0.1) is 0 Å². The normalized spacial score (nSPS) is 23.4. The zero-order valence-electron chi connectivity index (χ0n) is 23.4. The van der Waals surface area contributed by atoms with Gasteiger partial charge < -0.3 is 9.47 Å². The zero-order chi connectivity index (χ0) is 25.6. The van der Waals surface area contributed by atoms with Gasteiger partial charge in [0, 0.05) is 0 Å². The van der Waals surface area contributed by atoms with Crippen LogP contribution in [-0.4, -0.2) is 24.1 Å². The Hall–Kier alpha value is -1.32. The minimum atomic E-state index is -0.504. The number of allylic oxidation sites excluding steroid dienone is 1. The molecular weight excluding hydrogens is 424 g/mol. The monoisotopic (exact) mass is 476 g/mol. The number of carbonyl (C=O) groups excluding carboxylic acids is 2. The van der Waals surface area contributed by atoms with Gasteiger partial charge in [-0.3, -0.25) is 4.79 Å². The van der Waals surface area contributed by atoms with Gasteiger partial charge in [-0.2, -0.15) is 0 Å². The van der Waals surface area contributed by atoms with Crippen LogP contribution in [0.25, 0.3) is 0 Å². The average molecular weight is 477 g/mol. The van der Waals surface area contributed by atoms with Crippen LogP contribution in [0.4, 0.5) is 0 Å². The number of hydrogen-bond donors (Lipinski definition) is 0. The third-order valence-electron chi connectivity index (χ3n) is 8.72. The third-order valence-corrected chi connectivity index (χ3v) is 8.72. The SMILES string of the molecule is CCC(C)(C)CCC(C1C=CC(C(=O)OCC(=O)OC(C)(C)C2CCCCC2)CC1)C(C)(C)C. The fraction of sp³-hybridized carbons (Fsp3) is 0.867. The summed E-state index contributed by atoms with van der Waals surface area (Å²) >= 11 is 0. The summed E-state index contributed by atoms with van der Waals surface area (Å²) in [6.07, 6.45) is 15.5. The molecule has 1 saturated carbocycles. The lowest BCUT2D eigenvalue weighted by Gasteiger charge is -2.39. The van der Waals surface area contributed by atoms with E-state index in [2.05, 4.69) is 47.6 Å². The fourth-order valence-electron chi connectivity index (χ4n) is 5.83. The van der Waals surface area contributed by atoms with Crippen molar-refractivity contribution in [3.8, 4) is 0 Å². The van der Waals surface area contributed by atoms with E-state index in [1.807, 2.05) is 19.9 Å². The Labute approximate surface area is 209 Å². The molecule has 3 atom stereocenters.